The zero-order valence-electron chi connectivity index (χ0n) is 10.6. The van der Waals surface area contributed by atoms with E-state index in [4.69, 9.17) is 0 Å². The van der Waals surface area contributed by atoms with Gasteiger partial charge in [0.25, 0.3) is 0 Å². The molecule has 0 radical (unpaired) electrons. The van der Waals surface area contributed by atoms with Crippen molar-refractivity contribution in [2.45, 2.75) is 33.1 Å². The summed E-state index contributed by atoms with van der Waals surface area (Å²) in [6.07, 6.45) is 3.64. The van der Waals surface area contributed by atoms with Crippen LogP contribution in [0.3, 0.4) is 0 Å². The Morgan fingerprint density at radius 1 is 1.31 bits per heavy atom. The van der Waals surface area contributed by atoms with Crippen LogP contribution in [0.15, 0.2) is 0 Å². The lowest BCUT2D eigenvalue weighted by Gasteiger charge is -2.20. The van der Waals surface area contributed by atoms with Crippen LogP contribution in [-0.4, -0.2) is 43.7 Å². The minimum absolute atomic E-state index is 0.0323. The summed E-state index contributed by atoms with van der Waals surface area (Å²) in [5.41, 5.74) is 0. The Kier molecular flexibility index (Phi) is 6.23. The van der Waals surface area contributed by atoms with Crippen LogP contribution >= 0.6 is 0 Å². The van der Waals surface area contributed by atoms with Gasteiger partial charge in [-0.3, -0.25) is 0 Å². The first-order valence-corrected chi connectivity index (χ1v) is 6.46. The molecule has 1 saturated heterocycles. The lowest BCUT2D eigenvalue weighted by molar-refractivity contribution is 0.235. The molecular weight excluding hydrogens is 202 g/mol. The quantitative estimate of drug-likeness (QED) is 0.721. The van der Waals surface area contributed by atoms with Crippen molar-refractivity contribution in [2.24, 2.45) is 5.92 Å². The molecule has 16 heavy (non-hydrogen) atoms. The molecule has 1 aliphatic rings. The van der Waals surface area contributed by atoms with Crippen LogP contribution in [-0.2, 0) is 0 Å². The highest BCUT2D eigenvalue weighted by Crippen LogP contribution is 2.09. The molecule has 2 amide bonds. The third kappa shape index (κ3) is 5.35. The minimum Gasteiger partial charge on any atom is -0.338 e. The normalized spacial score (nSPS) is 18.4. The second-order valence-corrected chi connectivity index (χ2v) is 4.75. The van der Waals surface area contributed by atoms with Gasteiger partial charge in [0.2, 0.25) is 0 Å². The molecule has 0 bridgehead atoms. The summed E-state index contributed by atoms with van der Waals surface area (Å²) in [5, 5.41) is 5.73. The number of carbonyl (C=O) groups is 1. The molecule has 0 aliphatic carbocycles. The highest BCUT2D eigenvalue weighted by atomic mass is 16.2. The van der Waals surface area contributed by atoms with Crippen LogP contribution in [0.5, 0.6) is 0 Å². The highest BCUT2D eigenvalue weighted by molar-refractivity contribution is 5.73. The first kappa shape index (κ1) is 13.3. The molecule has 4 heteroatoms. The molecule has 4 nitrogen and oxygen atoms in total. The Balaban J connectivity index is 2.04. The highest BCUT2D eigenvalue weighted by Gasteiger charge is 2.14. The molecule has 0 aromatic heterocycles. The van der Waals surface area contributed by atoms with E-state index in [1.54, 1.807) is 0 Å². The maximum atomic E-state index is 11.3. The fraction of sp³-hybridized carbons (Fsp3) is 0.917. The molecule has 1 unspecified atom stereocenters. The molecule has 1 rings (SSSR count). The van der Waals surface area contributed by atoms with Gasteiger partial charge in [-0.15, -0.1) is 0 Å². The molecule has 94 valence electrons. The van der Waals surface area contributed by atoms with Crippen molar-refractivity contribution in [3.63, 3.8) is 0 Å². The third-order valence-electron chi connectivity index (χ3n) is 2.92. The zero-order chi connectivity index (χ0) is 11.8. The molecule has 1 atom stereocenters. The number of hydrogen-bond acceptors (Lipinski definition) is 2. The maximum absolute atomic E-state index is 11.3. The third-order valence-corrected chi connectivity index (χ3v) is 2.92. The summed E-state index contributed by atoms with van der Waals surface area (Å²) in [7, 11) is 0. The number of urea groups is 1. The van der Waals surface area contributed by atoms with Crippen molar-refractivity contribution in [1.29, 1.82) is 0 Å². The fourth-order valence-electron chi connectivity index (χ4n) is 2.04. The van der Waals surface area contributed by atoms with Gasteiger partial charge < -0.3 is 15.5 Å². The summed E-state index contributed by atoms with van der Waals surface area (Å²) in [4.78, 5) is 13.8. The van der Waals surface area contributed by atoms with Gasteiger partial charge in [-0.05, 0) is 38.3 Å². The van der Waals surface area contributed by atoms with Crippen molar-refractivity contribution in [2.75, 3.05) is 32.7 Å². The van der Waals surface area contributed by atoms with Crippen LogP contribution in [0.25, 0.3) is 0 Å². The van der Waals surface area contributed by atoms with E-state index in [2.05, 4.69) is 29.4 Å². The van der Waals surface area contributed by atoms with Gasteiger partial charge in [0, 0.05) is 19.6 Å². The summed E-state index contributed by atoms with van der Waals surface area (Å²) < 4.78 is 0. The van der Waals surface area contributed by atoms with Crippen molar-refractivity contribution in [1.82, 2.24) is 15.5 Å². The molecule has 1 fully saturated rings. The van der Waals surface area contributed by atoms with Crippen LogP contribution in [0.1, 0.15) is 33.1 Å². The van der Waals surface area contributed by atoms with Crippen LogP contribution in [0, 0.1) is 5.92 Å². The van der Waals surface area contributed by atoms with Gasteiger partial charge in [-0.1, -0.05) is 13.8 Å². The van der Waals surface area contributed by atoms with Crippen molar-refractivity contribution >= 4 is 6.03 Å². The van der Waals surface area contributed by atoms with Crippen molar-refractivity contribution in [3.8, 4) is 0 Å². The van der Waals surface area contributed by atoms with Gasteiger partial charge in [-0.2, -0.15) is 0 Å². The Hall–Kier alpha value is -0.770. The van der Waals surface area contributed by atoms with E-state index in [1.165, 1.54) is 25.9 Å². The SMILES string of the molecule is CCCNC(=O)NCC(C)CN1CCCC1. The lowest BCUT2D eigenvalue weighted by Crippen LogP contribution is -2.40. The van der Waals surface area contributed by atoms with Crippen LogP contribution < -0.4 is 10.6 Å². The smallest absolute Gasteiger partial charge is 0.314 e. The van der Waals surface area contributed by atoms with E-state index in [0.29, 0.717) is 5.92 Å². The molecule has 0 aromatic rings. The predicted molar refractivity (Wildman–Crippen MR) is 66.5 cm³/mol. The summed E-state index contributed by atoms with van der Waals surface area (Å²) in [6.45, 7) is 9.33. The Labute approximate surface area is 98.8 Å². The maximum Gasteiger partial charge on any atom is 0.314 e. The van der Waals surface area contributed by atoms with Gasteiger partial charge in [0.15, 0.2) is 0 Å². The minimum atomic E-state index is -0.0323. The van der Waals surface area contributed by atoms with E-state index in [0.717, 1.165) is 26.1 Å². The van der Waals surface area contributed by atoms with E-state index in [-0.39, 0.29) is 6.03 Å². The number of hydrogen-bond donors (Lipinski definition) is 2. The predicted octanol–water partition coefficient (Wildman–Crippen LogP) is 1.43. The van der Waals surface area contributed by atoms with Gasteiger partial charge in [0.05, 0.1) is 0 Å². The first-order chi connectivity index (χ1) is 7.72. The fourth-order valence-corrected chi connectivity index (χ4v) is 2.04. The molecule has 1 heterocycles. The summed E-state index contributed by atoms with van der Waals surface area (Å²) in [5.74, 6) is 0.533. The van der Waals surface area contributed by atoms with Crippen molar-refractivity contribution < 1.29 is 4.79 Å². The number of nitrogens with one attached hydrogen (secondary N) is 2. The van der Waals surface area contributed by atoms with Gasteiger partial charge in [-0.25, -0.2) is 4.79 Å². The Morgan fingerprint density at radius 3 is 2.62 bits per heavy atom. The molecule has 0 saturated carbocycles. The van der Waals surface area contributed by atoms with E-state index < -0.39 is 0 Å². The van der Waals surface area contributed by atoms with Crippen LogP contribution in [0.4, 0.5) is 4.79 Å². The topological polar surface area (TPSA) is 44.4 Å². The van der Waals surface area contributed by atoms with E-state index >= 15 is 0 Å². The van der Waals surface area contributed by atoms with Crippen molar-refractivity contribution in [3.05, 3.63) is 0 Å². The monoisotopic (exact) mass is 227 g/mol. The molecule has 0 aromatic carbocycles. The second kappa shape index (κ2) is 7.49. The molecule has 1 aliphatic heterocycles. The molecule has 0 spiro atoms. The average molecular weight is 227 g/mol. The number of likely N-dealkylation sites (tertiary alicyclic amines) is 1. The van der Waals surface area contributed by atoms with Gasteiger partial charge >= 0.3 is 6.03 Å². The Bertz CT molecular complexity index is 202. The van der Waals surface area contributed by atoms with Crippen LogP contribution in [0.2, 0.25) is 0 Å². The summed E-state index contributed by atoms with van der Waals surface area (Å²) >= 11 is 0. The first-order valence-electron chi connectivity index (χ1n) is 6.46. The summed E-state index contributed by atoms with van der Waals surface area (Å²) in [6, 6.07) is -0.0323. The zero-order valence-corrected chi connectivity index (χ0v) is 10.6. The number of rotatable bonds is 6. The number of carbonyl (C=O) groups excluding carboxylic acids is 1. The Morgan fingerprint density at radius 2 is 2.00 bits per heavy atom. The average Bonchev–Trinajstić information content (AvgIpc) is 2.76. The lowest BCUT2D eigenvalue weighted by atomic mass is 10.1. The largest absolute Gasteiger partial charge is 0.338 e. The molecule has 2 N–H and O–H groups in total. The van der Waals surface area contributed by atoms with E-state index in [1.807, 2.05) is 0 Å². The van der Waals surface area contributed by atoms with E-state index in [9.17, 15) is 4.79 Å². The number of nitrogens with zero attached hydrogens (tertiary/aromatic N) is 1. The number of amides is 2. The van der Waals surface area contributed by atoms with Gasteiger partial charge in [0.1, 0.15) is 0 Å². The standard InChI is InChI=1S/C12H25N3O/c1-3-6-13-12(16)14-9-11(2)10-15-7-4-5-8-15/h11H,3-10H2,1-2H3,(H2,13,14,16). The second-order valence-electron chi connectivity index (χ2n) is 4.75. The molecular formula is C12H25N3O.